The molecule has 4 aromatic rings. The molecule has 0 spiro atoms. The Bertz CT molecular complexity index is 1380. The summed E-state index contributed by atoms with van der Waals surface area (Å²) < 4.78 is 8.09. The molecular formula is C27H23NO4. The lowest BCUT2D eigenvalue weighted by molar-refractivity contribution is 0.101. The van der Waals surface area contributed by atoms with Crippen molar-refractivity contribution >= 4 is 22.8 Å². The number of hydrogen-bond donors (Lipinski definition) is 2. The summed E-state index contributed by atoms with van der Waals surface area (Å²) in [5.41, 5.74) is 4.08. The van der Waals surface area contributed by atoms with Crippen LogP contribution in [0.25, 0.3) is 28.2 Å². The van der Waals surface area contributed by atoms with Crippen LogP contribution in [0.1, 0.15) is 29.8 Å². The summed E-state index contributed by atoms with van der Waals surface area (Å²) in [7, 11) is 0. The van der Waals surface area contributed by atoms with E-state index < -0.39 is 5.78 Å². The Morgan fingerprint density at radius 3 is 2.47 bits per heavy atom. The minimum atomic E-state index is -0.405. The quantitative estimate of drug-likeness (QED) is 0.394. The van der Waals surface area contributed by atoms with Crippen LogP contribution in [0.5, 0.6) is 17.2 Å². The standard InChI is InChI=1S/C27H23NO4/c1-16(2)15-28-21-11-7-6-10-19(21)20(26(28)17-8-4-3-5-9-17)14-24-27(31)25-22(30)12-18(29)13-23(25)32-24/h3-14,16,29-30H,15H2,1-2H3. The molecule has 0 fully saturated rings. The number of Topliss-reactive ketones (excluding diaryl/α,β-unsaturated/α-hetero) is 1. The summed E-state index contributed by atoms with van der Waals surface area (Å²) in [5, 5.41) is 21.0. The summed E-state index contributed by atoms with van der Waals surface area (Å²) in [5.74, 6) is -0.163. The van der Waals surface area contributed by atoms with Gasteiger partial charge in [-0.2, -0.15) is 0 Å². The van der Waals surface area contributed by atoms with E-state index in [0.717, 1.165) is 40.3 Å². The Balaban J connectivity index is 1.76. The predicted molar refractivity (Wildman–Crippen MR) is 125 cm³/mol. The molecule has 5 rings (SSSR count). The second-order valence-corrected chi connectivity index (χ2v) is 8.43. The van der Waals surface area contributed by atoms with Crippen molar-refractivity contribution in [1.29, 1.82) is 0 Å². The van der Waals surface area contributed by atoms with E-state index >= 15 is 0 Å². The Morgan fingerprint density at radius 2 is 1.72 bits per heavy atom. The van der Waals surface area contributed by atoms with Crippen LogP contribution in [0, 0.1) is 5.92 Å². The second kappa shape index (κ2) is 7.61. The van der Waals surface area contributed by atoms with Gasteiger partial charge in [0.25, 0.3) is 0 Å². The highest BCUT2D eigenvalue weighted by Gasteiger charge is 2.32. The van der Waals surface area contributed by atoms with E-state index in [4.69, 9.17) is 4.74 Å². The van der Waals surface area contributed by atoms with Crippen molar-refractivity contribution in [3.05, 3.63) is 83.6 Å². The van der Waals surface area contributed by atoms with Crippen molar-refractivity contribution in [2.24, 2.45) is 5.92 Å². The summed E-state index contributed by atoms with van der Waals surface area (Å²) in [4.78, 5) is 13.1. The number of benzene rings is 3. The highest BCUT2D eigenvalue weighted by Crippen LogP contribution is 2.42. The maximum atomic E-state index is 13.1. The molecule has 0 bridgehead atoms. The number of carbonyl (C=O) groups is 1. The largest absolute Gasteiger partial charge is 0.508 e. The van der Waals surface area contributed by atoms with E-state index in [-0.39, 0.29) is 28.6 Å². The van der Waals surface area contributed by atoms with Gasteiger partial charge in [-0.3, -0.25) is 4.79 Å². The lowest BCUT2D eigenvalue weighted by Gasteiger charge is -2.14. The smallest absolute Gasteiger partial charge is 0.235 e. The van der Waals surface area contributed by atoms with Crippen LogP contribution < -0.4 is 4.74 Å². The fourth-order valence-corrected chi connectivity index (χ4v) is 4.35. The molecule has 0 amide bonds. The van der Waals surface area contributed by atoms with E-state index in [9.17, 15) is 15.0 Å². The summed E-state index contributed by atoms with van der Waals surface area (Å²) in [6.45, 7) is 5.17. The molecular weight excluding hydrogens is 402 g/mol. The zero-order valence-electron chi connectivity index (χ0n) is 17.9. The highest BCUT2D eigenvalue weighted by atomic mass is 16.5. The van der Waals surface area contributed by atoms with Gasteiger partial charge in [-0.25, -0.2) is 0 Å². The molecule has 0 aliphatic carbocycles. The molecule has 3 aromatic carbocycles. The lowest BCUT2D eigenvalue weighted by atomic mass is 10.0. The SMILES string of the molecule is CC(C)Cn1c(-c2ccccc2)c(C=C2Oc3cc(O)cc(O)c3C2=O)c2ccccc21. The number of allylic oxidation sites excluding steroid dienone is 1. The van der Waals surface area contributed by atoms with Crippen LogP contribution in [0.3, 0.4) is 0 Å². The molecule has 0 saturated carbocycles. The molecule has 1 aliphatic heterocycles. The molecule has 5 heteroatoms. The number of hydrogen-bond acceptors (Lipinski definition) is 4. The molecule has 1 aliphatic rings. The Morgan fingerprint density at radius 1 is 1.00 bits per heavy atom. The first kappa shape index (κ1) is 19.9. The normalized spacial score (nSPS) is 14.3. The predicted octanol–water partition coefficient (Wildman–Crippen LogP) is 5.99. The molecule has 2 N–H and O–H groups in total. The van der Waals surface area contributed by atoms with Crippen molar-refractivity contribution in [3.8, 4) is 28.5 Å². The lowest BCUT2D eigenvalue weighted by Crippen LogP contribution is -2.06. The van der Waals surface area contributed by atoms with E-state index in [0.29, 0.717) is 5.92 Å². The van der Waals surface area contributed by atoms with Crippen LogP contribution in [0.2, 0.25) is 0 Å². The van der Waals surface area contributed by atoms with Crippen molar-refractivity contribution in [2.45, 2.75) is 20.4 Å². The fourth-order valence-electron chi connectivity index (χ4n) is 4.35. The molecule has 0 atom stereocenters. The van der Waals surface area contributed by atoms with Crippen LogP contribution in [0.4, 0.5) is 0 Å². The van der Waals surface area contributed by atoms with Gasteiger partial charge in [0, 0.05) is 35.1 Å². The minimum absolute atomic E-state index is 0.0706. The van der Waals surface area contributed by atoms with Gasteiger partial charge < -0.3 is 19.5 Å². The number of nitrogens with zero attached hydrogens (tertiary/aromatic N) is 1. The van der Waals surface area contributed by atoms with Crippen molar-refractivity contribution in [1.82, 2.24) is 4.57 Å². The van der Waals surface area contributed by atoms with Crippen LogP contribution in [-0.4, -0.2) is 20.6 Å². The Labute approximate surface area is 185 Å². The summed E-state index contributed by atoms with van der Waals surface area (Å²) >= 11 is 0. The molecule has 2 heterocycles. The fraction of sp³-hybridized carbons (Fsp3) is 0.148. The van der Waals surface area contributed by atoms with Gasteiger partial charge in [0.05, 0.1) is 5.69 Å². The van der Waals surface area contributed by atoms with Crippen molar-refractivity contribution in [2.75, 3.05) is 0 Å². The third kappa shape index (κ3) is 3.23. The van der Waals surface area contributed by atoms with Crippen molar-refractivity contribution in [3.63, 3.8) is 0 Å². The van der Waals surface area contributed by atoms with Gasteiger partial charge in [-0.15, -0.1) is 0 Å². The maximum Gasteiger partial charge on any atom is 0.235 e. The number of phenols is 2. The van der Waals surface area contributed by atoms with Gasteiger partial charge in [-0.05, 0) is 23.6 Å². The van der Waals surface area contributed by atoms with Gasteiger partial charge in [-0.1, -0.05) is 62.4 Å². The monoisotopic (exact) mass is 425 g/mol. The second-order valence-electron chi connectivity index (χ2n) is 8.43. The van der Waals surface area contributed by atoms with Gasteiger partial charge >= 0.3 is 0 Å². The first-order valence-electron chi connectivity index (χ1n) is 10.6. The average molecular weight is 425 g/mol. The van der Waals surface area contributed by atoms with E-state index in [1.807, 2.05) is 36.4 Å². The van der Waals surface area contributed by atoms with Crippen molar-refractivity contribution < 1.29 is 19.7 Å². The topological polar surface area (TPSA) is 71.7 Å². The zero-order chi connectivity index (χ0) is 22.4. The van der Waals surface area contributed by atoms with E-state index in [1.165, 1.54) is 6.07 Å². The molecule has 1 aromatic heterocycles. The molecule has 5 nitrogen and oxygen atoms in total. The number of rotatable bonds is 4. The number of ketones is 1. The number of phenolic OH excluding ortho intramolecular Hbond substituents is 2. The number of fused-ring (bicyclic) bond motifs is 2. The summed E-state index contributed by atoms with van der Waals surface area (Å²) in [6.07, 6.45) is 1.75. The van der Waals surface area contributed by atoms with E-state index in [2.05, 4.69) is 36.6 Å². The number of aromatic hydroxyl groups is 2. The summed E-state index contributed by atoms with van der Waals surface area (Å²) in [6, 6.07) is 20.7. The first-order valence-corrected chi connectivity index (χ1v) is 10.6. The number of carbonyl (C=O) groups excluding carboxylic acids is 1. The van der Waals surface area contributed by atoms with Gasteiger partial charge in [0.15, 0.2) is 5.76 Å². The van der Waals surface area contributed by atoms with E-state index in [1.54, 1.807) is 6.08 Å². The molecule has 0 unspecified atom stereocenters. The van der Waals surface area contributed by atoms with Crippen LogP contribution in [-0.2, 0) is 6.54 Å². The molecule has 0 radical (unpaired) electrons. The zero-order valence-corrected chi connectivity index (χ0v) is 17.9. The Kier molecular flexibility index (Phi) is 4.74. The number of aromatic nitrogens is 1. The number of para-hydroxylation sites is 1. The van der Waals surface area contributed by atoms with Crippen LogP contribution >= 0.6 is 0 Å². The molecule has 160 valence electrons. The molecule has 0 saturated heterocycles. The van der Waals surface area contributed by atoms with Crippen LogP contribution in [0.15, 0.2) is 72.5 Å². The minimum Gasteiger partial charge on any atom is -0.508 e. The highest BCUT2D eigenvalue weighted by molar-refractivity contribution is 6.17. The Hall–Kier alpha value is -3.99. The third-order valence-corrected chi connectivity index (χ3v) is 5.62. The molecule has 32 heavy (non-hydrogen) atoms. The van der Waals surface area contributed by atoms with Gasteiger partial charge in [0.2, 0.25) is 5.78 Å². The first-order chi connectivity index (χ1) is 15.4. The average Bonchev–Trinajstić information content (AvgIpc) is 3.23. The number of ether oxygens (including phenoxy) is 1. The maximum absolute atomic E-state index is 13.1. The van der Waals surface area contributed by atoms with Gasteiger partial charge in [0.1, 0.15) is 22.8 Å². The third-order valence-electron chi connectivity index (χ3n) is 5.62.